The van der Waals surface area contributed by atoms with Crippen LogP contribution in [0.2, 0.25) is 0 Å². The lowest BCUT2D eigenvalue weighted by atomic mass is 9.70. The number of hydrogen-bond donors (Lipinski definition) is 0. The monoisotopic (exact) mass is 633 g/mol. The molecule has 1 spiro atoms. The standard InChI is InChI=1S/C49H31N/c1-2-15-32(16-3-1)50(33-29-30-38-36-19-5-4-17-34(36)35-18-6-7-20-37(35)43(38)31-33)47-28-14-24-42-41-23-10-13-27-46(41)49(48(42)47)44-25-11-8-21-39(44)40-22-9-12-26-45(40)49/h1-31H. The summed E-state index contributed by atoms with van der Waals surface area (Å²) in [4.78, 5) is 2.50. The molecule has 0 aliphatic heterocycles. The molecule has 0 aromatic heterocycles. The maximum Gasteiger partial charge on any atom is 0.0746 e. The Morgan fingerprint density at radius 2 is 0.740 bits per heavy atom. The third-order valence-electron chi connectivity index (χ3n) is 11.2. The first-order valence-corrected chi connectivity index (χ1v) is 17.5. The Morgan fingerprint density at radius 1 is 0.300 bits per heavy atom. The Morgan fingerprint density at radius 3 is 1.32 bits per heavy atom. The van der Waals surface area contributed by atoms with Crippen molar-refractivity contribution in [2.24, 2.45) is 0 Å². The van der Waals surface area contributed by atoms with E-state index >= 15 is 0 Å². The zero-order chi connectivity index (χ0) is 32.8. The van der Waals surface area contributed by atoms with Gasteiger partial charge in [-0.2, -0.15) is 0 Å². The lowest BCUT2D eigenvalue weighted by molar-refractivity contribution is 0.793. The van der Waals surface area contributed by atoms with Gasteiger partial charge in [-0.1, -0.05) is 158 Å². The first-order valence-electron chi connectivity index (χ1n) is 17.5. The Balaban J connectivity index is 1.26. The highest BCUT2D eigenvalue weighted by molar-refractivity contribution is 6.25. The summed E-state index contributed by atoms with van der Waals surface area (Å²) in [7, 11) is 0. The second-order valence-electron chi connectivity index (χ2n) is 13.6. The van der Waals surface area contributed by atoms with Gasteiger partial charge in [-0.15, -0.1) is 0 Å². The van der Waals surface area contributed by atoms with E-state index in [2.05, 4.69) is 193 Å². The van der Waals surface area contributed by atoms with Crippen LogP contribution in [-0.4, -0.2) is 0 Å². The average molecular weight is 634 g/mol. The van der Waals surface area contributed by atoms with Crippen molar-refractivity contribution in [2.45, 2.75) is 5.41 Å². The number of para-hydroxylation sites is 1. The summed E-state index contributed by atoms with van der Waals surface area (Å²) in [5, 5.41) is 7.68. The molecule has 0 radical (unpaired) electrons. The third-order valence-corrected chi connectivity index (χ3v) is 11.2. The summed E-state index contributed by atoms with van der Waals surface area (Å²) in [6.45, 7) is 0. The smallest absolute Gasteiger partial charge is 0.0746 e. The predicted octanol–water partition coefficient (Wildman–Crippen LogP) is 13.0. The van der Waals surface area contributed by atoms with Gasteiger partial charge in [0.1, 0.15) is 0 Å². The molecule has 0 atom stereocenters. The molecule has 1 heteroatoms. The molecule has 9 aromatic rings. The quantitative estimate of drug-likeness (QED) is 0.175. The summed E-state index contributed by atoms with van der Waals surface area (Å²) in [5.41, 5.74) is 13.6. The fraction of sp³-hybridized carbons (Fsp3) is 0.0204. The Hall–Kier alpha value is -6.44. The molecule has 0 bridgehead atoms. The third kappa shape index (κ3) is 3.51. The van der Waals surface area contributed by atoms with Gasteiger partial charge in [0.2, 0.25) is 0 Å². The minimum absolute atomic E-state index is 0.456. The van der Waals surface area contributed by atoms with Crippen LogP contribution in [0.5, 0.6) is 0 Å². The first kappa shape index (κ1) is 27.5. The van der Waals surface area contributed by atoms with Crippen molar-refractivity contribution < 1.29 is 0 Å². The number of rotatable bonds is 3. The van der Waals surface area contributed by atoms with Crippen LogP contribution in [0.3, 0.4) is 0 Å². The lowest BCUT2D eigenvalue weighted by Gasteiger charge is -2.36. The van der Waals surface area contributed by atoms with Crippen LogP contribution in [0.1, 0.15) is 22.3 Å². The minimum atomic E-state index is -0.456. The molecule has 0 fully saturated rings. The van der Waals surface area contributed by atoms with Gasteiger partial charge in [0, 0.05) is 16.9 Å². The summed E-state index contributed by atoms with van der Waals surface area (Å²) in [6, 6.07) is 69.8. The molecular weight excluding hydrogens is 603 g/mol. The van der Waals surface area contributed by atoms with Crippen molar-refractivity contribution in [3.63, 3.8) is 0 Å². The van der Waals surface area contributed by atoms with E-state index < -0.39 is 5.41 Å². The zero-order valence-corrected chi connectivity index (χ0v) is 27.3. The van der Waals surface area contributed by atoms with Gasteiger partial charge in [0.15, 0.2) is 0 Å². The van der Waals surface area contributed by atoms with Gasteiger partial charge in [-0.05, 0) is 102 Å². The second kappa shape index (κ2) is 10.3. The number of hydrogen-bond acceptors (Lipinski definition) is 1. The molecule has 50 heavy (non-hydrogen) atoms. The van der Waals surface area contributed by atoms with Crippen molar-refractivity contribution in [1.82, 2.24) is 0 Å². The molecule has 0 amide bonds. The summed E-state index contributed by atoms with van der Waals surface area (Å²) >= 11 is 0. The van der Waals surface area contributed by atoms with E-state index in [-0.39, 0.29) is 0 Å². The van der Waals surface area contributed by atoms with Crippen molar-refractivity contribution in [3.05, 3.63) is 210 Å². The van der Waals surface area contributed by atoms with Crippen LogP contribution >= 0.6 is 0 Å². The maximum atomic E-state index is 2.50. The molecule has 0 unspecified atom stereocenters. The summed E-state index contributed by atoms with van der Waals surface area (Å²) in [5.74, 6) is 0. The topological polar surface area (TPSA) is 3.24 Å². The van der Waals surface area contributed by atoms with E-state index in [1.807, 2.05) is 0 Å². The Bertz CT molecular complexity index is 2730. The van der Waals surface area contributed by atoms with Gasteiger partial charge in [-0.3, -0.25) is 0 Å². The van der Waals surface area contributed by atoms with E-state index in [4.69, 9.17) is 0 Å². The Labute approximate surface area is 291 Å². The number of anilines is 3. The molecule has 0 saturated carbocycles. The van der Waals surface area contributed by atoms with Crippen LogP contribution in [0.4, 0.5) is 17.1 Å². The maximum absolute atomic E-state index is 2.50. The fourth-order valence-corrected chi connectivity index (χ4v) is 9.36. The van der Waals surface area contributed by atoms with E-state index in [1.165, 1.54) is 82.5 Å². The lowest BCUT2D eigenvalue weighted by Crippen LogP contribution is -2.28. The zero-order valence-electron chi connectivity index (χ0n) is 27.3. The van der Waals surface area contributed by atoms with Crippen LogP contribution in [0.25, 0.3) is 54.6 Å². The molecule has 11 rings (SSSR count). The van der Waals surface area contributed by atoms with Crippen molar-refractivity contribution in [1.29, 1.82) is 0 Å². The summed E-state index contributed by atoms with van der Waals surface area (Å²) < 4.78 is 0. The number of fused-ring (bicyclic) bond motifs is 16. The van der Waals surface area contributed by atoms with Crippen molar-refractivity contribution >= 4 is 49.4 Å². The molecule has 0 saturated heterocycles. The van der Waals surface area contributed by atoms with Gasteiger partial charge < -0.3 is 4.90 Å². The largest absolute Gasteiger partial charge is 0.310 e. The second-order valence-corrected chi connectivity index (χ2v) is 13.6. The van der Waals surface area contributed by atoms with Crippen LogP contribution < -0.4 is 4.90 Å². The van der Waals surface area contributed by atoms with Crippen LogP contribution in [0, 0.1) is 0 Å². The molecule has 1 nitrogen and oxygen atoms in total. The van der Waals surface area contributed by atoms with E-state index in [0.717, 1.165) is 11.4 Å². The molecular formula is C49H31N. The normalized spacial score (nSPS) is 13.4. The van der Waals surface area contributed by atoms with Gasteiger partial charge in [0.05, 0.1) is 11.1 Å². The molecule has 2 aliphatic carbocycles. The SMILES string of the molecule is c1ccc(N(c2ccc3c4ccccc4c4ccccc4c3c2)c2cccc3c2C2(c4ccccc4-c4ccccc42)c2ccccc2-3)cc1. The number of nitrogens with zero attached hydrogens (tertiary/aromatic N) is 1. The van der Waals surface area contributed by atoms with Gasteiger partial charge >= 0.3 is 0 Å². The Kier molecular flexibility index (Phi) is 5.66. The average Bonchev–Trinajstić information content (AvgIpc) is 3.66. The van der Waals surface area contributed by atoms with Crippen LogP contribution in [-0.2, 0) is 5.41 Å². The fourth-order valence-electron chi connectivity index (χ4n) is 9.36. The van der Waals surface area contributed by atoms with Crippen molar-refractivity contribution in [3.8, 4) is 22.3 Å². The molecule has 232 valence electrons. The van der Waals surface area contributed by atoms with E-state index in [1.54, 1.807) is 0 Å². The van der Waals surface area contributed by atoms with Gasteiger partial charge in [0.25, 0.3) is 0 Å². The van der Waals surface area contributed by atoms with E-state index in [0.29, 0.717) is 0 Å². The molecule has 0 N–H and O–H groups in total. The number of benzene rings is 9. The predicted molar refractivity (Wildman–Crippen MR) is 210 cm³/mol. The molecule has 2 aliphatic rings. The minimum Gasteiger partial charge on any atom is -0.310 e. The highest BCUT2D eigenvalue weighted by Crippen LogP contribution is 2.65. The highest BCUT2D eigenvalue weighted by Gasteiger charge is 2.53. The molecule has 9 aromatic carbocycles. The first-order chi connectivity index (χ1) is 24.8. The highest BCUT2D eigenvalue weighted by atomic mass is 15.1. The van der Waals surface area contributed by atoms with Crippen molar-refractivity contribution in [2.75, 3.05) is 4.90 Å². The summed E-state index contributed by atoms with van der Waals surface area (Å²) in [6.07, 6.45) is 0. The van der Waals surface area contributed by atoms with Crippen LogP contribution in [0.15, 0.2) is 188 Å². The van der Waals surface area contributed by atoms with Gasteiger partial charge in [-0.25, -0.2) is 0 Å². The molecule has 0 heterocycles. The van der Waals surface area contributed by atoms with E-state index in [9.17, 15) is 0 Å².